The molecule has 0 saturated heterocycles. The Kier molecular flexibility index (Phi) is 5.87. The van der Waals surface area contributed by atoms with Gasteiger partial charge in [0.25, 0.3) is 5.91 Å². The van der Waals surface area contributed by atoms with Gasteiger partial charge in [0, 0.05) is 18.0 Å². The Morgan fingerprint density at radius 2 is 1.88 bits per heavy atom. The van der Waals surface area contributed by atoms with Crippen molar-refractivity contribution in [2.24, 2.45) is 0 Å². The molecular formula is C24H19ClN6O2S. The number of carbonyl (C=O) groups excluding carboxylic acids is 2. The molecule has 1 unspecified atom stereocenters. The molecule has 5 aromatic rings. The second-order valence-electron chi connectivity index (χ2n) is 7.62. The van der Waals surface area contributed by atoms with Crippen molar-refractivity contribution in [2.45, 2.75) is 13.0 Å². The molecule has 0 spiro atoms. The van der Waals surface area contributed by atoms with Crippen molar-refractivity contribution in [1.82, 2.24) is 15.2 Å². The van der Waals surface area contributed by atoms with Crippen molar-refractivity contribution >= 4 is 72.4 Å². The summed E-state index contributed by atoms with van der Waals surface area (Å²) in [7, 11) is 0. The third-order valence-electron chi connectivity index (χ3n) is 5.19. The number of hydrogen-bond acceptors (Lipinski definition) is 6. The minimum Gasteiger partial charge on any atom is -0.370 e. The van der Waals surface area contributed by atoms with Crippen LogP contribution in [0.3, 0.4) is 0 Å². The second-order valence-corrected chi connectivity index (χ2v) is 9.02. The van der Waals surface area contributed by atoms with Gasteiger partial charge in [-0.2, -0.15) is 5.10 Å². The van der Waals surface area contributed by atoms with E-state index >= 15 is 0 Å². The zero-order chi connectivity index (χ0) is 23.7. The predicted molar refractivity (Wildman–Crippen MR) is 136 cm³/mol. The summed E-state index contributed by atoms with van der Waals surface area (Å²) >= 11 is 7.59. The van der Waals surface area contributed by atoms with E-state index in [0.29, 0.717) is 21.5 Å². The third kappa shape index (κ3) is 4.43. The molecule has 3 aromatic carbocycles. The number of fused-ring (bicyclic) bond motifs is 3. The lowest BCUT2D eigenvalue weighted by molar-refractivity contribution is -0.117. The van der Waals surface area contributed by atoms with Crippen LogP contribution in [-0.4, -0.2) is 27.0 Å². The normalized spacial score (nSPS) is 11.9. The summed E-state index contributed by atoms with van der Waals surface area (Å²) in [5.41, 5.74) is 3.56. The lowest BCUT2D eigenvalue weighted by atomic mass is 10.1. The number of nitrogens with one attached hydrogen (secondary N) is 4. The third-order valence-corrected chi connectivity index (χ3v) is 6.54. The lowest BCUT2D eigenvalue weighted by Gasteiger charge is -2.20. The zero-order valence-electron chi connectivity index (χ0n) is 17.9. The van der Waals surface area contributed by atoms with Crippen molar-refractivity contribution in [3.05, 3.63) is 77.4 Å². The maximum Gasteiger partial charge on any atom is 0.253 e. The number of rotatable bonds is 6. The van der Waals surface area contributed by atoms with Gasteiger partial charge in [-0.3, -0.25) is 20.0 Å². The molecule has 10 heteroatoms. The minimum atomic E-state index is -0.714. The first-order chi connectivity index (χ1) is 16.5. The Balaban J connectivity index is 1.45. The fraction of sp³-hybridized carbons (Fsp3) is 0.0833. The predicted octanol–water partition coefficient (Wildman–Crippen LogP) is 5.58. The number of thiazole rings is 1. The van der Waals surface area contributed by atoms with Gasteiger partial charge in [-0.15, -0.1) is 0 Å². The van der Waals surface area contributed by atoms with Gasteiger partial charge in [0.05, 0.1) is 32.6 Å². The molecule has 2 aromatic heterocycles. The molecule has 2 heterocycles. The van der Waals surface area contributed by atoms with E-state index in [1.807, 2.05) is 42.5 Å². The highest BCUT2D eigenvalue weighted by Gasteiger charge is 2.22. The average molecular weight is 491 g/mol. The number of benzene rings is 3. The highest BCUT2D eigenvalue weighted by atomic mass is 35.5. The second kappa shape index (κ2) is 9.12. The number of nitrogens with zero attached hydrogens (tertiary/aromatic N) is 2. The maximum absolute atomic E-state index is 13.4. The van der Waals surface area contributed by atoms with Crippen molar-refractivity contribution < 1.29 is 9.59 Å². The number of H-pyrrole nitrogens is 1. The molecule has 1 atom stereocenters. The fourth-order valence-electron chi connectivity index (χ4n) is 3.65. The van der Waals surface area contributed by atoms with Crippen LogP contribution in [0, 0.1) is 0 Å². The number of hydrogen-bond donors (Lipinski definition) is 4. The van der Waals surface area contributed by atoms with Crippen LogP contribution >= 0.6 is 22.9 Å². The van der Waals surface area contributed by atoms with Crippen molar-refractivity contribution in [3.63, 3.8) is 0 Å². The van der Waals surface area contributed by atoms with E-state index in [9.17, 15) is 9.59 Å². The first kappa shape index (κ1) is 21.9. The molecule has 4 N–H and O–H groups in total. The van der Waals surface area contributed by atoms with Gasteiger partial charge in [0.15, 0.2) is 5.13 Å². The molecule has 34 heavy (non-hydrogen) atoms. The summed E-state index contributed by atoms with van der Waals surface area (Å²) in [5.74, 6) is -0.510. The van der Waals surface area contributed by atoms with E-state index in [4.69, 9.17) is 11.6 Å². The van der Waals surface area contributed by atoms with E-state index in [-0.39, 0.29) is 11.8 Å². The molecule has 0 saturated carbocycles. The zero-order valence-corrected chi connectivity index (χ0v) is 19.5. The van der Waals surface area contributed by atoms with Crippen molar-refractivity contribution in [2.75, 3.05) is 16.0 Å². The summed E-state index contributed by atoms with van der Waals surface area (Å²) < 4.78 is 0.948. The molecule has 2 amide bonds. The van der Waals surface area contributed by atoms with Gasteiger partial charge in [0.2, 0.25) is 5.91 Å². The Morgan fingerprint density at radius 3 is 2.68 bits per heavy atom. The van der Waals surface area contributed by atoms with E-state index < -0.39 is 6.04 Å². The molecule has 8 nitrogen and oxygen atoms in total. The number of halogens is 1. The minimum absolute atomic E-state index is 0.237. The first-order valence-electron chi connectivity index (χ1n) is 10.4. The largest absolute Gasteiger partial charge is 0.370 e. The monoisotopic (exact) mass is 490 g/mol. The van der Waals surface area contributed by atoms with Gasteiger partial charge < -0.3 is 10.6 Å². The highest BCUT2D eigenvalue weighted by molar-refractivity contribution is 7.23. The molecule has 0 fully saturated rings. The molecule has 0 aliphatic rings. The van der Waals surface area contributed by atoms with Gasteiger partial charge in [-0.05, 0) is 35.9 Å². The van der Waals surface area contributed by atoms with Crippen LogP contribution in [0.4, 0.5) is 16.5 Å². The smallest absolute Gasteiger partial charge is 0.253 e. The molecule has 0 aliphatic heterocycles. The van der Waals surface area contributed by atoms with Gasteiger partial charge in [-0.25, -0.2) is 4.98 Å². The molecule has 170 valence electrons. The summed E-state index contributed by atoms with van der Waals surface area (Å²) in [6, 6.07) is 17.6. The highest BCUT2D eigenvalue weighted by Crippen LogP contribution is 2.33. The Hall–Kier alpha value is -3.95. The Bertz CT molecular complexity index is 1510. The number of carbonyl (C=O) groups is 2. The van der Waals surface area contributed by atoms with E-state index in [0.717, 1.165) is 26.7 Å². The van der Waals surface area contributed by atoms with Crippen LogP contribution in [0.15, 0.2) is 66.9 Å². The first-order valence-corrected chi connectivity index (χ1v) is 11.6. The molecular weight excluding hydrogens is 472 g/mol. The van der Waals surface area contributed by atoms with Crippen LogP contribution in [-0.2, 0) is 9.59 Å². The van der Waals surface area contributed by atoms with E-state index in [1.54, 1.807) is 24.4 Å². The molecule has 0 bridgehead atoms. The van der Waals surface area contributed by atoms with Crippen molar-refractivity contribution in [1.29, 1.82) is 0 Å². The summed E-state index contributed by atoms with van der Waals surface area (Å²) in [4.78, 5) is 29.5. The van der Waals surface area contributed by atoms with Crippen LogP contribution in [0.25, 0.3) is 21.1 Å². The van der Waals surface area contributed by atoms with Crippen LogP contribution in [0.5, 0.6) is 0 Å². The number of aromatic amines is 1. The molecule has 0 radical (unpaired) electrons. The van der Waals surface area contributed by atoms with Crippen LogP contribution < -0.4 is 16.0 Å². The summed E-state index contributed by atoms with van der Waals surface area (Å²) in [5, 5.41) is 17.8. The fourth-order valence-corrected chi connectivity index (χ4v) is 4.79. The topological polar surface area (TPSA) is 112 Å². The SMILES string of the molecule is CC(=O)Nc1cc(NC(C(=O)Nc2nc3ccc4[nH]ncc4c3s2)c2ccccc2)ccc1Cl. The standard InChI is InChI=1S/C24H19ClN6O2S/c1-13(32)27-20-11-15(7-8-17(20)25)28-21(14-5-3-2-4-6-14)23(33)30-24-29-19-10-9-18-16(12-26-31-18)22(19)34-24/h2-12,21,28H,1H3,(H,26,31)(H,27,32)(H,29,30,33). The summed E-state index contributed by atoms with van der Waals surface area (Å²) in [6.07, 6.45) is 1.75. The quantitative estimate of drug-likeness (QED) is 0.248. The van der Waals surface area contributed by atoms with Crippen LogP contribution in [0.1, 0.15) is 18.5 Å². The van der Waals surface area contributed by atoms with E-state index in [2.05, 4.69) is 31.1 Å². The number of aromatic nitrogens is 3. The lowest BCUT2D eigenvalue weighted by Crippen LogP contribution is -2.27. The van der Waals surface area contributed by atoms with Gasteiger partial charge >= 0.3 is 0 Å². The molecule has 0 aliphatic carbocycles. The number of anilines is 3. The van der Waals surface area contributed by atoms with Gasteiger partial charge in [-0.1, -0.05) is 53.3 Å². The van der Waals surface area contributed by atoms with E-state index in [1.165, 1.54) is 18.3 Å². The Morgan fingerprint density at radius 1 is 1.06 bits per heavy atom. The van der Waals surface area contributed by atoms with Crippen LogP contribution in [0.2, 0.25) is 5.02 Å². The maximum atomic E-state index is 13.4. The van der Waals surface area contributed by atoms with Gasteiger partial charge in [0.1, 0.15) is 6.04 Å². The summed E-state index contributed by atoms with van der Waals surface area (Å²) in [6.45, 7) is 1.41. The average Bonchev–Trinajstić information content (AvgIpc) is 3.46. The van der Waals surface area contributed by atoms with Crippen molar-refractivity contribution in [3.8, 4) is 0 Å². The Labute approximate surface area is 203 Å². The number of amides is 2. The molecule has 5 rings (SSSR count).